The third kappa shape index (κ3) is 7.77. The van der Waals surface area contributed by atoms with Gasteiger partial charge in [-0.05, 0) is 39.5 Å². The number of rotatable bonds is 0. The average molecular weight is 280 g/mol. The molecular weight excluding hydrogens is 256 g/mol. The minimum absolute atomic E-state index is 0.0968. The molecule has 20 heavy (non-hydrogen) atoms. The van der Waals surface area contributed by atoms with E-state index in [1.807, 2.05) is 38.2 Å². The van der Waals surface area contributed by atoms with Crippen molar-refractivity contribution in [1.29, 1.82) is 0 Å². The molecule has 0 bridgehead atoms. The van der Waals surface area contributed by atoms with Crippen molar-refractivity contribution < 1.29 is 19.1 Å². The maximum Gasteiger partial charge on any atom is 0.309 e. The van der Waals surface area contributed by atoms with Crippen molar-refractivity contribution in [3.05, 3.63) is 24.3 Å². The first-order valence-electron chi connectivity index (χ1n) is 7.27. The fourth-order valence-electron chi connectivity index (χ4n) is 1.92. The minimum Gasteiger partial charge on any atom is -0.462 e. The lowest BCUT2D eigenvalue weighted by molar-refractivity contribution is -0.148. The molecule has 1 aliphatic rings. The first-order chi connectivity index (χ1) is 9.58. The van der Waals surface area contributed by atoms with E-state index in [9.17, 15) is 9.59 Å². The van der Waals surface area contributed by atoms with Crippen LogP contribution < -0.4 is 0 Å². The molecule has 0 N–H and O–H groups in total. The number of ether oxygens (including phenoxy) is 2. The maximum absolute atomic E-state index is 11.5. The summed E-state index contributed by atoms with van der Waals surface area (Å²) in [7, 11) is 0. The predicted molar refractivity (Wildman–Crippen MR) is 77.1 cm³/mol. The van der Waals surface area contributed by atoms with Crippen molar-refractivity contribution in [2.24, 2.45) is 0 Å². The molecule has 0 aliphatic carbocycles. The second-order valence-electron chi connectivity index (χ2n) is 5.11. The van der Waals surface area contributed by atoms with Gasteiger partial charge in [-0.1, -0.05) is 24.3 Å². The zero-order chi connectivity index (χ0) is 14.8. The Bertz CT molecular complexity index is 335. The third-order valence-electron chi connectivity index (χ3n) is 3.05. The normalized spacial score (nSPS) is 30.1. The lowest BCUT2D eigenvalue weighted by Gasteiger charge is -2.12. The van der Waals surface area contributed by atoms with Crippen LogP contribution in [0.5, 0.6) is 0 Å². The van der Waals surface area contributed by atoms with Crippen LogP contribution in [0.15, 0.2) is 24.3 Å². The Balaban J connectivity index is 2.53. The number of carbonyl (C=O) groups is 2. The molecule has 0 aromatic rings. The lowest BCUT2D eigenvalue weighted by atomic mass is 10.2. The van der Waals surface area contributed by atoms with E-state index in [0.717, 1.165) is 25.7 Å². The van der Waals surface area contributed by atoms with Crippen LogP contribution in [0, 0.1) is 0 Å². The second kappa shape index (κ2) is 9.34. The monoisotopic (exact) mass is 280 g/mol. The Kier molecular flexibility index (Phi) is 7.70. The van der Waals surface area contributed by atoms with Crippen LogP contribution in [0.1, 0.15) is 52.4 Å². The van der Waals surface area contributed by atoms with Gasteiger partial charge in [-0.25, -0.2) is 0 Å². The molecule has 112 valence electrons. The summed E-state index contributed by atoms with van der Waals surface area (Å²) in [6.45, 7) is 3.77. The third-order valence-corrected chi connectivity index (χ3v) is 3.05. The molecule has 0 saturated carbocycles. The lowest BCUT2D eigenvalue weighted by Crippen LogP contribution is -2.14. The van der Waals surface area contributed by atoms with Gasteiger partial charge in [0.2, 0.25) is 0 Å². The Morgan fingerprint density at radius 1 is 0.800 bits per heavy atom. The molecule has 2 atom stereocenters. The van der Waals surface area contributed by atoms with Gasteiger partial charge in [0.05, 0.1) is 25.0 Å². The van der Waals surface area contributed by atoms with Crippen molar-refractivity contribution >= 4 is 11.9 Å². The van der Waals surface area contributed by atoms with E-state index >= 15 is 0 Å². The summed E-state index contributed by atoms with van der Waals surface area (Å²) in [6.07, 6.45) is 11.0. The molecule has 0 aromatic carbocycles. The van der Waals surface area contributed by atoms with Crippen molar-refractivity contribution in [2.45, 2.75) is 64.6 Å². The Labute approximate surface area is 120 Å². The summed E-state index contributed by atoms with van der Waals surface area (Å²) in [5.74, 6) is -0.381. The average Bonchev–Trinajstić information content (AvgIpc) is 2.36. The van der Waals surface area contributed by atoms with Crippen LogP contribution in [0.3, 0.4) is 0 Å². The smallest absolute Gasteiger partial charge is 0.309 e. The van der Waals surface area contributed by atoms with Crippen LogP contribution in [-0.2, 0) is 19.1 Å². The molecule has 4 nitrogen and oxygen atoms in total. The molecular formula is C16H24O4. The van der Waals surface area contributed by atoms with Gasteiger partial charge in [-0.15, -0.1) is 0 Å². The minimum atomic E-state index is -0.190. The van der Waals surface area contributed by atoms with Crippen molar-refractivity contribution in [1.82, 2.24) is 0 Å². The first kappa shape index (κ1) is 16.5. The van der Waals surface area contributed by atoms with E-state index < -0.39 is 0 Å². The summed E-state index contributed by atoms with van der Waals surface area (Å²) >= 11 is 0. The number of carbonyl (C=O) groups excluding carboxylic acids is 2. The standard InChI is InChI=1S/C16H24O4/c1-13-9-5-3-7-12-16(18)20-14(2)10-6-4-8-11-15(17)19-13/h3-4,7-8,13-14H,5-6,9-12H2,1-2H3/b7-3-,8-4+. The fraction of sp³-hybridized carbons (Fsp3) is 0.625. The topological polar surface area (TPSA) is 52.6 Å². The highest BCUT2D eigenvalue weighted by Crippen LogP contribution is 2.08. The fourth-order valence-corrected chi connectivity index (χ4v) is 1.92. The number of hydrogen-bond acceptors (Lipinski definition) is 4. The van der Waals surface area contributed by atoms with Gasteiger partial charge >= 0.3 is 11.9 Å². The van der Waals surface area contributed by atoms with Crippen LogP contribution in [0.4, 0.5) is 0 Å². The molecule has 1 aliphatic heterocycles. The van der Waals surface area contributed by atoms with Crippen molar-refractivity contribution in [3.63, 3.8) is 0 Å². The van der Waals surface area contributed by atoms with Gasteiger partial charge < -0.3 is 9.47 Å². The highest BCUT2D eigenvalue weighted by atomic mass is 16.5. The van der Waals surface area contributed by atoms with Crippen LogP contribution in [0.2, 0.25) is 0 Å². The number of hydrogen-bond donors (Lipinski definition) is 0. The van der Waals surface area contributed by atoms with E-state index in [-0.39, 0.29) is 24.1 Å². The van der Waals surface area contributed by atoms with E-state index in [0.29, 0.717) is 12.8 Å². The molecule has 0 saturated heterocycles. The Morgan fingerprint density at radius 2 is 1.20 bits per heavy atom. The molecule has 0 fully saturated rings. The molecule has 2 unspecified atom stereocenters. The first-order valence-corrected chi connectivity index (χ1v) is 7.27. The molecule has 0 spiro atoms. The van der Waals surface area contributed by atoms with Crippen molar-refractivity contribution in [2.75, 3.05) is 0 Å². The summed E-state index contributed by atoms with van der Waals surface area (Å²) < 4.78 is 10.6. The van der Waals surface area contributed by atoms with Gasteiger partial charge in [0.1, 0.15) is 0 Å². The summed E-state index contributed by atoms with van der Waals surface area (Å²) in [4.78, 5) is 23.1. The van der Waals surface area contributed by atoms with Gasteiger partial charge in [0.25, 0.3) is 0 Å². The zero-order valence-corrected chi connectivity index (χ0v) is 12.3. The highest BCUT2D eigenvalue weighted by molar-refractivity contribution is 5.71. The number of cyclic esters (lactones) is 2. The Hall–Kier alpha value is -1.58. The molecule has 0 amide bonds. The molecule has 4 heteroatoms. The highest BCUT2D eigenvalue weighted by Gasteiger charge is 2.09. The van der Waals surface area contributed by atoms with E-state index in [1.165, 1.54) is 0 Å². The van der Waals surface area contributed by atoms with Gasteiger partial charge in [-0.2, -0.15) is 0 Å². The van der Waals surface area contributed by atoms with Crippen LogP contribution >= 0.6 is 0 Å². The van der Waals surface area contributed by atoms with Gasteiger partial charge in [-0.3, -0.25) is 9.59 Å². The summed E-state index contributed by atoms with van der Waals surface area (Å²) in [5.41, 5.74) is 0. The quantitative estimate of drug-likeness (QED) is 0.504. The van der Waals surface area contributed by atoms with Gasteiger partial charge in [0, 0.05) is 0 Å². The number of allylic oxidation sites excluding steroid dienone is 2. The maximum atomic E-state index is 11.5. The largest absolute Gasteiger partial charge is 0.462 e. The second-order valence-corrected chi connectivity index (χ2v) is 5.11. The van der Waals surface area contributed by atoms with E-state index in [4.69, 9.17) is 9.47 Å². The van der Waals surface area contributed by atoms with E-state index in [2.05, 4.69) is 0 Å². The molecule has 0 radical (unpaired) electrons. The molecule has 1 heterocycles. The zero-order valence-electron chi connectivity index (χ0n) is 12.3. The predicted octanol–water partition coefficient (Wildman–Crippen LogP) is 3.32. The van der Waals surface area contributed by atoms with E-state index in [1.54, 1.807) is 0 Å². The molecule has 1 rings (SSSR count). The Morgan fingerprint density at radius 3 is 1.60 bits per heavy atom. The van der Waals surface area contributed by atoms with Gasteiger partial charge in [0.15, 0.2) is 0 Å². The van der Waals surface area contributed by atoms with Crippen LogP contribution in [0.25, 0.3) is 0 Å². The summed E-state index contributed by atoms with van der Waals surface area (Å²) in [5, 5.41) is 0. The molecule has 0 aromatic heterocycles. The number of esters is 2. The SMILES string of the molecule is CC1CC/C=C/CC(=O)OC(C)CC/C=C\CC(=O)O1. The summed E-state index contributed by atoms with van der Waals surface area (Å²) in [6, 6.07) is 0. The van der Waals surface area contributed by atoms with Crippen LogP contribution in [-0.4, -0.2) is 24.1 Å². The van der Waals surface area contributed by atoms with Crippen molar-refractivity contribution in [3.8, 4) is 0 Å².